The van der Waals surface area contributed by atoms with E-state index in [1.807, 2.05) is 36.4 Å². The minimum atomic E-state index is -0.351. The van der Waals surface area contributed by atoms with Crippen LogP contribution in [0.4, 0.5) is 11.4 Å². The second kappa shape index (κ2) is 8.11. The van der Waals surface area contributed by atoms with Gasteiger partial charge in [0.15, 0.2) is 0 Å². The van der Waals surface area contributed by atoms with Gasteiger partial charge in [0.25, 0.3) is 0 Å². The Morgan fingerprint density at radius 1 is 0.967 bits per heavy atom. The number of nitrogens with zero attached hydrogens (tertiary/aromatic N) is 1. The Morgan fingerprint density at radius 2 is 1.63 bits per heavy atom. The van der Waals surface area contributed by atoms with Crippen molar-refractivity contribution in [1.82, 2.24) is 0 Å². The van der Waals surface area contributed by atoms with Gasteiger partial charge in [-0.05, 0) is 37.6 Å². The molecule has 0 bridgehead atoms. The van der Waals surface area contributed by atoms with Crippen molar-refractivity contribution in [2.24, 2.45) is 0 Å². The molecule has 154 valence electrons. The summed E-state index contributed by atoms with van der Waals surface area (Å²) in [6.07, 6.45) is 0. The van der Waals surface area contributed by atoms with Crippen LogP contribution in [-0.4, -0.2) is 26.2 Å². The van der Waals surface area contributed by atoms with Gasteiger partial charge < -0.3 is 20.1 Å². The number of nitrogen functional groups attached to an aromatic ring is 1. The first kappa shape index (κ1) is 19.8. The number of carbonyl (C=O) groups is 1. The highest BCUT2D eigenvalue weighted by Crippen LogP contribution is 2.49. The molecule has 5 nitrogen and oxygen atoms in total. The lowest BCUT2D eigenvalue weighted by atomic mass is 9.80. The van der Waals surface area contributed by atoms with Gasteiger partial charge in [0.1, 0.15) is 11.5 Å². The summed E-state index contributed by atoms with van der Waals surface area (Å²) in [6.45, 7) is 6.09. The maximum absolute atomic E-state index is 12.5. The van der Waals surface area contributed by atoms with Gasteiger partial charge in [-0.15, -0.1) is 0 Å². The van der Waals surface area contributed by atoms with Crippen LogP contribution in [0.5, 0.6) is 11.5 Å². The van der Waals surface area contributed by atoms with Crippen LogP contribution in [-0.2, 0) is 4.74 Å². The quantitative estimate of drug-likeness (QED) is 0.368. The average Bonchev–Trinajstić information content (AvgIpc) is 2.77. The zero-order chi connectivity index (χ0) is 21.3. The maximum Gasteiger partial charge on any atom is 0.338 e. The first-order valence-electron chi connectivity index (χ1n) is 10.2. The molecule has 0 saturated carbocycles. The molecule has 1 aliphatic rings. The number of esters is 1. The Bertz CT molecular complexity index is 1090. The maximum atomic E-state index is 12.5. The van der Waals surface area contributed by atoms with Crippen LogP contribution in [0.2, 0.25) is 0 Å². The van der Waals surface area contributed by atoms with Crippen LogP contribution in [0.15, 0.2) is 60.7 Å². The Morgan fingerprint density at radius 3 is 2.33 bits per heavy atom. The van der Waals surface area contributed by atoms with E-state index in [9.17, 15) is 4.79 Å². The summed E-state index contributed by atoms with van der Waals surface area (Å²) in [5.74, 6) is 0.979. The summed E-state index contributed by atoms with van der Waals surface area (Å²) in [7, 11) is 1.40. The second-order valence-electron chi connectivity index (χ2n) is 7.31. The van der Waals surface area contributed by atoms with Crippen molar-refractivity contribution in [1.29, 1.82) is 0 Å². The molecule has 0 saturated heterocycles. The van der Waals surface area contributed by atoms with Gasteiger partial charge in [-0.3, -0.25) is 0 Å². The average molecular weight is 402 g/mol. The first-order valence-corrected chi connectivity index (χ1v) is 10.2. The van der Waals surface area contributed by atoms with Crippen LogP contribution in [0.1, 0.15) is 46.8 Å². The van der Waals surface area contributed by atoms with E-state index in [-0.39, 0.29) is 11.9 Å². The third kappa shape index (κ3) is 3.36. The Balaban J connectivity index is 1.93. The van der Waals surface area contributed by atoms with E-state index in [1.54, 1.807) is 6.07 Å². The fourth-order valence-electron chi connectivity index (χ4n) is 4.18. The van der Waals surface area contributed by atoms with Crippen LogP contribution >= 0.6 is 0 Å². The molecule has 0 aromatic heterocycles. The minimum absolute atomic E-state index is 0.162. The van der Waals surface area contributed by atoms with Gasteiger partial charge in [0.05, 0.1) is 12.7 Å². The van der Waals surface area contributed by atoms with Crippen LogP contribution in [0.25, 0.3) is 0 Å². The monoisotopic (exact) mass is 402 g/mol. The van der Waals surface area contributed by atoms with Gasteiger partial charge in [-0.2, -0.15) is 0 Å². The molecule has 1 atom stereocenters. The summed E-state index contributed by atoms with van der Waals surface area (Å²) in [4.78, 5) is 14.8. The lowest BCUT2D eigenvalue weighted by Crippen LogP contribution is -2.22. The number of rotatable bonds is 5. The molecule has 2 N–H and O–H groups in total. The van der Waals surface area contributed by atoms with Gasteiger partial charge in [-0.25, -0.2) is 4.79 Å². The SMILES string of the molecule is CCN(CC)c1ccc2c(c1)Oc1cc(N)ccc1C2c1ccccc1C(=O)OC. The van der Waals surface area contributed by atoms with E-state index >= 15 is 0 Å². The molecule has 0 amide bonds. The highest BCUT2D eigenvalue weighted by Gasteiger charge is 2.32. The van der Waals surface area contributed by atoms with E-state index in [2.05, 4.69) is 36.9 Å². The number of anilines is 2. The standard InChI is InChI=1S/C25H26N2O3/c1-4-27(5-2)17-11-13-21-23(15-17)30-22-14-16(26)10-12-20(22)24(21)18-8-6-7-9-19(18)25(28)29-3/h6-15,24H,4-5,26H2,1-3H3. The van der Waals surface area contributed by atoms with Crippen LogP contribution < -0.4 is 15.4 Å². The summed E-state index contributed by atoms with van der Waals surface area (Å²) < 4.78 is 11.3. The predicted molar refractivity (Wildman–Crippen MR) is 120 cm³/mol. The van der Waals surface area contributed by atoms with E-state index in [4.69, 9.17) is 15.2 Å². The van der Waals surface area contributed by atoms with Crippen LogP contribution in [0, 0.1) is 0 Å². The van der Waals surface area contributed by atoms with Crippen LogP contribution in [0.3, 0.4) is 0 Å². The third-order valence-corrected chi connectivity index (χ3v) is 5.68. The molecule has 0 spiro atoms. The lowest BCUT2D eigenvalue weighted by molar-refractivity contribution is 0.0599. The van der Waals surface area contributed by atoms with Crippen molar-refractivity contribution in [3.63, 3.8) is 0 Å². The smallest absolute Gasteiger partial charge is 0.338 e. The highest BCUT2D eigenvalue weighted by atomic mass is 16.5. The number of ether oxygens (including phenoxy) is 2. The van der Waals surface area contributed by atoms with Gasteiger partial charge in [-0.1, -0.05) is 30.3 Å². The van der Waals surface area contributed by atoms with Crippen molar-refractivity contribution in [3.8, 4) is 11.5 Å². The molecule has 0 fully saturated rings. The van der Waals surface area contributed by atoms with Gasteiger partial charge in [0, 0.05) is 53.6 Å². The second-order valence-corrected chi connectivity index (χ2v) is 7.31. The number of hydrogen-bond donors (Lipinski definition) is 1. The number of carbonyl (C=O) groups excluding carboxylic acids is 1. The fraction of sp³-hybridized carbons (Fsp3) is 0.240. The highest BCUT2D eigenvalue weighted by molar-refractivity contribution is 5.92. The first-order chi connectivity index (χ1) is 14.6. The van der Waals surface area contributed by atoms with Crippen molar-refractivity contribution in [3.05, 3.63) is 82.9 Å². The zero-order valence-corrected chi connectivity index (χ0v) is 17.5. The fourth-order valence-corrected chi connectivity index (χ4v) is 4.18. The minimum Gasteiger partial charge on any atom is -0.465 e. The van der Waals surface area contributed by atoms with E-state index in [0.717, 1.165) is 41.2 Å². The Hall–Kier alpha value is -3.47. The molecule has 1 heterocycles. The predicted octanol–water partition coefficient (Wildman–Crippen LogP) is 5.19. The molecule has 5 heteroatoms. The van der Waals surface area contributed by atoms with E-state index < -0.39 is 0 Å². The summed E-state index contributed by atoms with van der Waals surface area (Å²) in [5.41, 5.74) is 11.2. The largest absolute Gasteiger partial charge is 0.465 e. The van der Waals surface area contributed by atoms with E-state index in [0.29, 0.717) is 17.0 Å². The number of nitrogens with two attached hydrogens (primary N) is 1. The van der Waals surface area contributed by atoms with Crippen molar-refractivity contribution >= 4 is 17.3 Å². The number of hydrogen-bond acceptors (Lipinski definition) is 5. The molecular formula is C25H26N2O3. The molecule has 0 radical (unpaired) electrons. The number of fused-ring (bicyclic) bond motifs is 2. The molecule has 1 unspecified atom stereocenters. The Labute approximate surface area is 177 Å². The summed E-state index contributed by atoms with van der Waals surface area (Å²) in [5, 5.41) is 0. The summed E-state index contributed by atoms with van der Waals surface area (Å²) in [6, 6.07) is 19.5. The Kier molecular flexibility index (Phi) is 5.36. The molecule has 30 heavy (non-hydrogen) atoms. The topological polar surface area (TPSA) is 64.8 Å². The molecule has 0 aliphatic carbocycles. The third-order valence-electron chi connectivity index (χ3n) is 5.68. The normalized spacial score (nSPS) is 14.3. The van der Waals surface area contributed by atoms with Crippen molar-refractivity contribution < 1.29 is 14.3 Å². The van der Waals surface area contributed by atoms with Crippen molar-refractivity contribution in [2.75, 3.05) is 30.8 Å². The molecule has 1 aliphatic heterocycles. The summed E-state index contributed by atoms with van der Waals surface area (Å²) >= 11 is 0. The lowest BCUT2D eigenvalue weighted by Gasteiger charge is -2.31. The zero-order valence-electron chi connectivity index (χ0n) is 17.5. The van der Waals surface area contributed by atoms with Crippen molar-refractivity contribution in [2.45, 2.75) is 19.8 Å². The van der Waals surface area contributed by atoms with Gasteiger partial charge in [0.2, 0.25) is 0 Å². The molecule has 4 rings (SSSR count). The molecule has 3 aromatic carbocycles. The number of methoxy groups -OCH3 is 1. The molecular weight excluding hydrogens is 376 g/mol. The molecule has 3 aromatic rings. The van der Waals surface area contributed by atoms with E-state index in [1.165, 1.54) is 7.11 Å². The van der Waals surface area contributed by atoms with Gasteiger partial charge >= 0.3 is 5.97 Å². The number of benzene rings is 3.